The highest BCUT2D eigenvalue weighted by Gasteiger charge is 2.36. The Balaban J connectivity index is 1.32. The summed E-state index contributed by atoms with van der Waals surface area (Å²) in [5.41, 5.74) is 2.48. The van der Waals surface area contributed by atoms with E-state index in [9.17, 15) is 14.0 Å². The van der Waals surface area contributed by atoms with Gasteiger partial charge in [0, 0.05) is 19.0 Å². The summed E-state index contributed by atoms with van der Waals surface area (Å²) < 4.78 is 23.9. The molecule has 170 valence electrons. The maximum atomic E-state index is 13.2. The van der Waals surface area contributed by atoms with Crippen LogP contribution in [0.15, 0.2) is 89.7 Å². The fraction of sp³-hybridized carbons (Fsp3) is 0.115. The van der Waals surface area contributed by atoms with Gasteiger partial charge in [-0.15, -0.1) is 0 Å². The smallest absolute Gasteiger partial charge is 0.290 e. The second-order valence-corrected chi connectivity index (χ2v) is 7.83. The number of halogens is 1. The summed E-state index contributed by atoms with van der Waals surface area (Å²) in [5.74, 6) is -0.113. The van der Waals surface area contributed by atoms with Gasteiger partial charge in [0.25, 0.3) is 5.91 Å². The number of hydrogen-bond donors (Lipinski definition) is 1. The van der Waals surface area contributed by atoms with E-state index in [2.05, 4.69) is 10.3 Å². The number of fused-ring (bicyclic) bond motifs is 1. The van der Waals surface area contributed by atoms with Crippen molar-refractivity contribution in [2.45, 2.75) is 19.0 Å². The summed E-state index contributed by atoms with van der Waals surface area (Å²) in [7, 11) is 0. The van der Waals surface area contributed by atoms with E-state index in [0.29, 0.717) is 30.3 Å². The molecule has 2 aromatic heterocycles. The highest BCUT2D eigenvalue weighted by molar-refractivity contribution is 6.00. The number of furan rings is 1. The van der Waals surface area contributed by atoms with E-state index in [1.807, 2.05) is 24.3 Å². The molecule has 0 fully saturated rings. The van der Waals surface area contributed by atoms with Crippen molar-refractivity contribution in [1.29, 1.82) is 0 Å². The molecule has 1 atom stereocenters. The first kappa shape index (κ1) is 21.4. The number of amides is 2. The third-order valence-corrected chi connectivity index (χ3v) is 5.58. The molecule has 2 aromatic carbocycles. The molecule has 8 heteroatoms. The first-order valence-corrected chi connectivity index (χ1v) is 10.7. The number of nitrogens with zero attached hydrogens (tertiary/aromatic N) is 2. The monoisotopic (exact) mass is 457 g/mol. The Morgan fingerprint density at radius 3 is 2.50 bits per heavy atom. The van der Waals surface area contributed by atoms with Crippen molar-refractivity contribution in [2.75, 3.05) is 5.32 Å². The lowest BCUT2D eigenvalue weighted by Crippen LogP contribution is -2.50. The lowest BCUT2D eigenvalue weighted by atomic mass is 9.93. The van der Waals surface area contributed by atoms with Crippen molar-refractivity contribution in [2.24, 2.45) is 0 Å². The summed E-state index contributed by atoms with van der Waals surface area (Å²) in [6.07, 6.45) is 3.28. The number of anilines is 1. The Kier molecular flexibility index (Phi) is 5.78. The van der Waals surface area contributed by atoms with Crippen LogP contribution in [0, 0.1) is 5.82 Å². The third-order valence-electron chi connectivity index (χ3n) is 5.58. The molecule has 0 bridgehead atoms. The van der Waals surface area contributed by atoms with Crippen LogP contribution in [0.5, 0.6) is 11.6 Å². The fourth-order valence-electron chi connectivity index (χ4n) is 3.88. The molecule has 2 amide bonds. The minimum Gasteiger partial charge on any atom is -0.459 e. The molecule has 0 saturated carbocycles. The van der Waals surface area contributed by atoms with Crippen LogP contribution in [0.3, 0.4) is 0 Å². The first-order chi connectivity index (χ1) is 16.6. The summed E-state index contributed by atoms with van der Waals surface area (Å²) in [6.45, 7) is 0.302. The van der Waals surface area contributed by atoms with E-state index >= 15 is 0 Å². The molecular weight excluding hydrogens is 437 g/mol. The molecule has 1 N–H and O–H groups in total. The van der Waals surface area contributed by atoms with E-state index in [1.165, 1.54) is 41.6 Å². The molecular formula is C26H20FN3O4. The van der Waals surface area contributed by atoms with Crippen LogP contribution >= 0.6 is 0 Å². The molecule has 0 radical (unpaired) electrons. The van der Waals surface area contributed by atoms with Crippen LogP contribution in [-0.2, 0) is 17.8 Å². The third kappa shape index (κ3) is 4.52. The van der Waals surface area contributed by atoms with Crippen LogP contribution in [0.1, 0.15) is 21.7 Å². The standard InChI is InChI=1S/C26H20FN3O4/c27-19-7-10-21(11-8-19)34-24-12-9-20(15-28-24)29-25(31)22-14-17-4-1-2-5-18(17)16-30(22)26(32)23-6-3-13-33-23/h1-13,15,22H,14,16H2,(H,29,31). The van der Waals surface area contributed by atoms with E-state index in [1.54, 1.807) is 24.3 Å². The number of carbonyl (C=O) groups is 2. The molecule has 5 rings (SSSR count). The van der Waals surface area contributed by atoms with Crippen molar-refractivity contribution in [3.8, 4) is 11.6 Å². The largest absolute Gasteiger partial charge is 0.459 e. The quantitative estimate of drug-likeness (QED) is 0.465. The van der Waals surface area contributed by atoms with E-state index in [-0.39, 0.29) is 23.4 Å². The predicted octanol–water partition coefficient (Wildman–Crippen LogP) is 4.81. The maximum absolute atomic E-state index is 13.2. The second kappa shape index (κ2) is 9.19. The zero-order valence-electron chi connectivity index (χ0n) is 18.0. The summed E-state index contributed by atoms with van der Waals surface area (Å²) in [4.78, 5) is 32.0. The van der Waals surface area contributed by atoms with Crippen molar-refractivity contribution < 1.29 is 23.1 Å². The Hall–Kier alpha value is -4.46. The number of ether oxygens (including phenoxy) is 1. The van der Waals surface area contributed by atoms with Gasteiger partial charge in [-0.3, -0.25) is 9.59 Å². The van der Waals surface area contributed by atoms with Gasteiger partial charge in [-0.05, 0) is 53.6 Å². The second-order valence-electron chi connectivity index (χ2n) is 7.83. The minimum absolute atomic E-state index is 0.182. The first-order valence-electron chi connectivity index (χ1n) is 10.7. The van der Waals surface area contributed by atoms with Crippen LogP contribution in [0.2, 0.25) is 0 Å². The van der Waals surface area contributed by atoms with E-state index in [4.69, 9.17) is 9.15 Å². The Morgan fingerprint density at radius 1 is 1.00 bits per heavy atom. The minimum atomic E-state index is -0.720. The van der Waals surface area contributed by atoms with Gasteiger partial charge in [-0.1, -0.05) is 24.3 Å². The van der Waals surface area contributed by atoms with Crippen molar-refractivity contribution >= 4 is 17.5 Å². The van der Waals surface area contributed by atoms with Gasteiger partial charge in [-0.2, -0.15) is 0 Å². The van der Waals surface area contributed by atoms with Crippen molar-refractivity contribution in [3.05, 3.63) is 108 Å². The molecule has 3 heterocycles. The topological polar surface area (TPSA) is 84.7 Å². The Labute approximate surface area is 194 Å². The molecule has 4 aromatic rings. The number of benzene rings is 2. The number of rotatable bonds is 5. The molecule has 1 unspecified atom stereocenters. The van der Waals surface area contributed by atoms with Gasteiger partial charge in [-0.25, -0.2) is 9.37 Å². The van der Waals surface area contributed by atoms with Gasteiger partial charge in [0.2, 0.25) is 11.8 Å². The summed E-state index contributed by atoms with van der Waals surface area (Å²) >= 11 is 0. The van der Waals surface area contributed by atoms with E-state index in [0.717, 1.165) is 11.1 Å². The number of carbonyl (C=O) groups excluding carboxylic acids is 2. The SMILES string of the molecule is O=C(Nc1ccc(Oc2ccc(F)cc2)nc1)C1Cc2ccccc2CN1C(=O)c1ccco1. The average molecular weight is 457 g/mol. The molecule has 1 aliphatic rings. The number of pyridine rings is 1. The van der Waals surface area contributed by atoms with Crippen LogP contribution in [0.25, 0.3) is 0 Å². The van der Waals surface area contributed by atoms with Crippen LogP contribution in [0.4, 0.5) is 10.1 Å². The highest BCUT2D eigenvalue weighted by atomic mass is 19.1. The lowest BCUT2D eigenvalue weighted by molar-refractivity contribution is -0.121. The molecule has 0 spiro atoms. The van der Waals surface area contributed by atoms with Gasteiger partial charge in [0.05, 0.1) is 18.1 Å². The van der Waals surface area contributed by atoms with Crippen LogP contribution < -0.4 is 10.1 Å². The molecule has 0 saturated heterocycles. The molecule has 34 heavy (non-hydrogen) atoms. The zero-order chi connectivity index (χ0) is 23.5. The highest BCUT2D eigenvalue weighted by Crippen LogP contribution is 2.27. The van der Waals surface area contributed by atoms with Crippen molar-refractivity contribution in [3.63, 3.8) is 0 Å². The predicted molar refractivity (Wildman–Crippen MR) is 122 cm³/mol. The van der Waals surface area contributed by atoms with Crippen molar-refractivity contribution in [1.82, 2.24) is 9.88 Å². The number of hydrogen-bond acceptors (Lipinski definition) is 5. The van der Waals surface area contributed by atoms with Gasteiger partial charge in [0.15, 0.2) is 5.76 Å². The Bertz CT molecular complexity index is 1300. The van der Waals surface area contributed by atoms with Gasteiger partial charge < -0.3 is 19.4 Å². The zero-order valence-corrected chi connectivity index (χ0v) is 18.0. The number of nitrogens with one attached hydrogen (secondary N) is 1. The van der Waals surface area contributed by atoms with E-state index < -0.39 is 6.04 Å². The van der Waals surface area contributed by atoms with Crippen LogP contribution in [-0.4, -0.2) is 27.7 Å². The number of aromatic nitrogens is 1. The molecule has 0 aliphatic carbocycles. The molecule has 7 nitrogen and oxygen atoms in total. The molecule has 1 aliphatic heterocycles. The fourth-order valence-corrected chi connectivity index (χ4v) is 3.88. The normalized spacial score (nSPS) is 14.9. The maximum Gasteiger partial charge on any atom is 0.290 e. The van der Waals surface area contributed by atoms with Gasteiger partial charge >= 0.3 is 0 Å². The summed E-state index contributed by atoms with van der Waals surface area (Å²) in [5, 5.41) is 2.84. The Morgan fingerprint density at radius 2 is 1.79 bits per heavy atom. The lowest BCUT2D eigenvalue weighted by Gasteiger charge is -2.35. The summed E-state index contributed by atoms with van der Waals surface area (Å²) in [6, 6.07) is 19.1. The average Bonchev–Trinajstić information content (AvgIpc) is 3.40. The van der Waals surface area contributed by atoms with Gasteiger partial charge in [0.1, 0.15) is 17.6 Å².